The Morgan fingerprint density at radius 3 is 2.46 bits per heavy atom. The normalized spacial score (nSPS) is 47.9. The number of esters is 1. The van der Waals surface area contributed by atoms with E-state index in [0.717, 1.165) is 0 Å². The minimum Gasteiger partial charge on any atom is -0.458 e. The zero-order chi connectivity index (χ0) is 18.8. The molecule has 8 atom stereocenters. The van der Waals surface area contributed by atoms with E-state index in [2.05, 4.69) is 0 Å². The number of epoxide rings is 1. The fourth-order valence-corrected chi connectivity index (χ4v) is 5.85. The van der Waals surface area contributed by atoms with E-state index < -0.39 is 52.8 Å². The molecule has 3 fully saturated rings. The van der Waals surface area contributed by atoms with Crippen LogP contribution >= 0.6 is 0 Å². The molecule has 5 rings (SSSR count). The number of hydrogen-bond acceptors (Lipinski definition) is 7. The highest BCUT2D eigenvalue weighted by molar-refractivity contribution is 5.82. The number of rotatable bonds is 1. The van der Waals surface area contributed by atoms with E-state index in [-0.39, 0.29) is 12.0 Å². The predicted molar refractivity (Wildman–Crippen MR) is 87.5 cm³/mol. The summed E-state index contributed by atoms with van der Waals surface area (Å²) < 4.78 is 16.8. The molecule has 0 radical (unpaired) electrons. The van der Waals surface area contributed by atoms with Gasteiger partial charge in [-0.2, -0.15) is 0 Å². The average molecular weight is 362 g/mol. The fourth-order valence-electron chi connectivity index (χ4n) is 5.85. The summed E-state index contributed by atoms with van der Waals surface area (Å²) >= 11 is 0. The molecule has 2 saturated heterocycles. The standard InChI is InChI=1S/C19H22O7/c1-6(2)11-9-7(5-8(20)24-11)18(3)14-12(10(9)21)26-17(23)19(14,4)15(22)13-16(18)25-13/h5-6,10,12-16,21-22H,1-4H3/t10-,12-,13-,14-,15-,16+,18+,19+/m1/s1. The van der Waals surface area contributed by atoms with Gasteiger partial charge in [-0.05, 0) is 12.5 Å². The van der Waals surface area contributed by atoms with Crippen molar-refractivity contribution in [2.75, 3.05) is 0 Å². The first-order chi connectivity index (χ1) is 12.1. The van der Waals surface area contributed by atoms with Gasteiger partial charge in [-0.15, -0.1) is 0 Å². The fraction of sp³-hybridized carbons (Fsp3) is 0.684. The molecule has 4 aliphatic rings. The van der Waals surface area contributed by atoms with Crippen molar-refractivity contribution in [1.82, 2.24) is 0 Å². The van der Waals surface area contributed by atoms with Crippen LogP contribution in [0, 0.1) is 11.3 Å². The SMILES string of the molecule is CC(C)c1oc(=O)cc2c1[C@@H](O)[C@H]1OC(=O)[C@]3(C)[C@H](O)[C@H]4O[C@@H]4[C@]2(C)[C@@H]13. The number of hydrogen-bond donors (Lipinski definition) is 2. The monoisotopic (exact) mass is 362 g/mol. The maximum atomic E-state index is 12.7. The van der Waals surface area contributed by atoms with Crippen molar-refractivity contribution in [3.63, 3.8) is 0 Å². The van der Waals surface area contributed by atoms with Gasteiger partial charge in [-0.25, -0.2) is 4.79 Å². The van der Waals surface area contributed by atoms with E-state index in [1.165, 1.54) is 6.07 Å². The van der Waals surface area contributed by atoms with E-state index >= 15 is 0 Å². The van der Waals surface area contributed by atoms with Crippen LogP contribution in [0.25, 0.3) is 0 Å². The summed E-state index contributed by atoms with van der Waals surface area (Å²) in [5.41, 5.74) is -1.25. The van der Waals surface area contributed by atoms with Gasteiger partial charge in [0.1, 0.15) is 29.5 Å². The smallest absolute Gasteiger partial charge is 0.336 e. The molecule has 2 N–H and O–H groups in total. The van der Waals surface area contributed by atoms with Crippen LogP contribution in [0.2, 0.25) is 0 Å². The van der Waals surface area contributed by atoms with Gasteiger partial charge in [0.25, 0.3) is 0 Å². The third-order valence-electron chi connectivity index (χ3n) is 7.09. The quantitative estimate of drug-likeness (QED) is 0.560. The molecule has 0 bridgehead atoms. The van der Waals surface area contributed by atoms with Gasteiger partial charge in [0.2, 0.25) is 0 Å². The molecule has 0 amide bonds. The van der Waals surface area contributed by atoms with Gasteiger partial charge < -0.3 is 24.1 Å². The van der Waals surface area contributed by atoms with E-state index in [1.54, 1.807) is 6.92 Å². The second kappa shape index (κ2) is 4.58. The minimum atomic E-state index is -1.19. The maximum Gasteiger partial charge on any atom is 0.336 e. The maximum absolute atomic E-state index is 12.7. The summed E-state index contributed by atoms with van der Waals surface area (Å²) in [4.78, 5) is 25.0. The summed E-state index contributed by atoms with van der Waals surface area (Å²) in [6, 6.07) is 1.40. The molecule has 1 saturated carbocycles. The van der Waals surface area contributed by atoms with Crippen molar-refractivity contribution in [3.8, 4) is 0 Å². The lowest BCUT2D eigenvalue weighted by Gasteiger charge is -2.51. The van der Waals surface area contributed by atoms with Crippen LogP contribution < -0.4 is 5.63 Å². The molecular formula is C19H22O7. The second-order valence-corrected chi connectivity index (χ2v) is 8.74. The van der Waals surface area contributed by atoms with Crippen LogP contribution in [-0.4, -0.2) is 40.6 Å². The Bertz CT molecular complexity index is 888. The summed E-state index contributed by atoms with van der Waals surface area (Å²) in [5.74, 6) is -0.739. The zero-order valence-corrected chi connectivity index (χ0v) is 15.1. The molecule has 2 aliphatic carbocycles. The Morgan fingerprint density at radius 2 is 1.81 bits per heavy atom. The van der Waals surface area contributed by atoms with Crippen molar-refractivity contribution in [2.45, 2.75) is 69.5 Å². The molecule has 1 aromatic heterocycles. The number of carbonyl (C=O) groups is 1. The highest BCUT2D eigenvalue weighted by Crippen LogP contribution is 2.68. The highest BCUT2D eigenvalue weighted by Gasteiger charge is 2.79. The molecular weight excluding hydrogens is 340 g/mol. The van der Waals surface area contributed by atoms with Crippen molar-refractivity contribution < 1.29 is 28.9 Å². The molecule has 2 aliphatic heterocycles. The molecule has 7 heteroatoms. The van der Waals surface area contributed by atoms with Crippen LogP contribution in [-0.2, 0) is 19.7 Å². The van der Waals surface area contributed by atoms with Crippen molar-refractivity contribution in [1.29, 1.82) is 0 Å². The predicted octanol–water partition coefficient (Wildman–Crippen LogP) is 0.758. The molecule has 1 aromatic rings. The summed E-state index contributed by atoms with van der Waals surface area (Å²) in [6.07, 6.45) is -3.74. The molecule has 0 aromatic carbocycles. The van der Waals surface area contributed by atoms with Crippen LogP contribution in [0.4, 0.5) is 0 Å². The molecule has 0 spiro atoms. The Balaban J connectivity index is 1.85. The lowest BCUT2D eigenvalue weighted by atomic mass is 9.48. The number of aliphatic hydroxyl groups excluding tert-OH is 2. The number of ether oxygens (including phenoxy) is 2. The zero-order valence-electron chi connectivity index (χ0n) is 15.1. The molecule has 3 heterocycles. The van der Waals surface area contributed by atoms with E-state index in [0.29, 0.717) is 16.9 Å². The van der Waals surface area contributed by atoms with Gasteiger partial charge in [0.05, 0.1) is 12.2 Å². The molecule has 26 heavy (non-hydrogen) atoms. The van der Waals surface area contributed by atoms with E-state index in [4.69, 9.17) is 13.9 Å². The van der Waals surface area contributed by atoms with Gasteiger partial charge in [0.15, 0.2) is 0 Å². The third kappa shape index (κ3) is 1.57. The van der Waals surface area contributed by atoms with Gasteiger partial charge in [-0.1, -0.05) is 20.8 Å². The minimum absolute atomic E-state index is 0.124. The lowest BCUT2D eigenvalue weighted by molar-refractivity contribution is -0.156. The van der Waals surface area contributed by atoms with Gasteiger partial charge in [0, 0.05) is 28.9 Å². The van der Waals surface area contributed by atoms with Gasteiger partial charge in [-0.3, -0.25) is 4.79 Å². The molecule has 0 unspecified atom stereocenters. The first-order valence-corrected chi connectivity index (χ1v) is 9.04. The van der Waals surface area contributed by atoms with Crippen molar-refractivity contribution in [3.05, 3.63) is 33.4 Å². The highest BCUT2D eigenvalue weighted by atomic mass is 16.6. The summed E-state index contributed by atoms with van der Waals surface area (Å²) in [5, 5.41) is 21.8. The lowest BCUT2D eigenvalue weighted by Crippen LogP contribution is -2.62. The number of fused-ring (bicyclic) bond motifs is 4. The summed E-state index contributed by atoms with van der Waals surface area (Å²) in [6.45, 7) is 7.38. The number of aliphatic hydroxyl groups is 2. The Kier molecular flexibility index (Phi) is 2.90. The Hall–Kier alpha value is -1.70. The van der Waals surface area contributed by atoms with Crippen molar-refractivity contribution >= 4 is 5.97 Å². The summed E-state index contributed by atoms with van der Waals surface area (Å²) in [7, 11) is 0. The molecule has 7 nitrogen and oxygen atoms in total. The largest absolute Gasteiger partial charge is 0.458 e. The molecule has 140 valence electrons. The number of carbonyl (C=O) groups excluding carboxylic acids is 1. The van der Waals surface area contributed by atoms with Gasteiger partial charge >= 0.3 is 11.6 Å². The van der Waals surface area contributed by atoms with E-state index in [1.807, 2.05) is 20.8 Å². The van der Waals surface area contributed by atoms with Crippen LogP contribution in [0.15, 0.2) is 15.3 Å². The topological polar surface area (TPSA) is 110 Å². The van der Waals surface area contributed by atoms with Crippen LogP contribution in [0.5, 0.6) is 0 Å². The van der Waals surface area contributed by atoms with Crippen LogP contribution in [0.1, 0.15) is 56.6 Å². The Labute approximate surface area is 149 Å². The second-order valence-electron chi connectivity index (χ2n) is 8.74. The van der Waals surface area contributed by atoms with Crippen LogP contribution in [0.3, 0.4) is 0 Å². The third-order valence-corrected chi connectivity index (χ3v) is 7.09. The first kappa shape index (κ1) is 16.5. The average Bonchev–Trinajstić information content (AvgIpc) is 3.33. The Morgan fingerprint density at radius 1 is 1.12 bits per heavy atom. The first-order valence-electron chi connectivity index (χ1n) is 9.04. The van der Waals surface area contributed by atoms with E-state index in [9.17, 15) is 19.8 Å². The van der Waals surface area contributed by atoms with Crippen molar-refractivity contribution in [2.24, 2.45) is 11.3 Å².